The van der Waals surface area contributed by atoms with Gasteiger partial charge < -0.3 is 14.3 Å². The predicted octanol–water partition coefficient (Wildman–Crippen LogP) is 0.986. The molecule has 0 radical (unpaired) electrons. The van der Waals surface area contributed by atoms with E-state index in [1.54, 1.807) is 0 Å². The van der Waals surface area contributed by atoms with Crippen LogP contribution in [0.4, 0.5) is 0 Å². The van der Waals surface area contributed by atoms with Crippen LogP contribution in [0.2, 0.25) is 0 Å². The summed E-state index contributed by atoms with van der Waals surface area (Å²) in [7, 11) is 1.41. The number of aromatic carboxylic acids is 1. The summed E-state index contributed by atoms with van der Waals surface area (Å²) in [6.45, 7) is 0. The molecule has 0 amide bonds. The number of hydrogen-bond acceptors (Lipinski definition) is 3. The second-order valence-corrected chi connectivity index (χ2v) is 1.66. The van der Waals surface area contributed by atoms with Crippen molar-refractivity contribution in [3.63, 3.8) is 0 Å². The Morgan fingerprint density at radius 1 is 1.80 bits per heavy atom. The van der Waals surface area contributed by atoms with Gasteiger partial charge in [0.2, 0.25) is 0 Å². The molecule has 1 aromatic rings. The summed E-state index contributed by atoms with van der Waals surface area (Å²) in [5, 5.41) is 8.38. The van der Waals surface area contributed by atoms with E-state index >= 15 is 0 Å². The SMILES string of the molecule is COc1cc(C(=O)O)co1. The van der Waals surface area contributed by atoms with Crippen molar-refractivity contribution in [2.24, 2.45) is 0 Å². The van der Waals surface area contributed by atoms with Crippen LogP contribution in [-0.2, 0) is 0 Å². The lowest BCUT2D eigenvalue weighted by molar-refractivity contribution is 0.0696. The third-order valence-electron chi connectivity index (χ3n) is 1.02. The van der Waals surface area contributed by atoms with Crippen LogP contribution in [0.25, 0.3) is 0 Å². The van der Waals surface area contributed by atoms with Gasteiger partial charge in [0.15, 0.2) is 0 Å². The molecule has 0 aliphatic rings. The summed E-state index contributed by atoms with van der Waals surface area (Å²) in [5.74, 6) is -0.815. The lowest BCUT2D eigenvalue weighted by Crippen LogP contribution is -1.91. The van der Waals surface area contributed by atoms with Crippen LogP contribution < -0.4 is 4.74 Å². The molecule has 0 bridgehead atoms. The third-order valence-corrected chi connectivity index (χ3v) is 1.02. The van der Waals surface area contributed by atoms with Gasteiger partial charge >= 0.3 is 5.97 Å². The summed E-state index contributed by atoms with van der Waals surface area (Å²) in [6.07, 6.45) is 1.13. The zero-order valence-corrected chi connectivity index (χ0v) is 5.33. The van der Waals surface area contributed by atoms with E-state index in [2.05, 4.69) is 9.15 Å². The van der Waals surface area contributed by atoms with Crippen molar-refractivity contribution in [2.75, 3.05) is 7.11 Å². The Morgan fingerprint density at radius 3 is 2.80 bits per heavy atom. The van der Waals surface area contributed by atoms with Gasteiger partial charge in [-0.2, -0.15) is 0 Å². The van der Waals surface area contributed by atoms with Gasteiger partial charge in [-0.05, 0) is 0 Å². The molecule has 54 valence electrons. The summed E-state index contributed by atoms with van der Waals surface area (Å²) in [5.41, 5.74) is 0.0943. The molecular formula is C6H6O4. The third kappa shape index (κ3) is 1.10. The minimum absolute atomic E-state index is 0.0943. The fourth-order valence-corrected chi connectivity index (χ4v) is 0.536. The number of rotatable bonds is 2. The van der Waals surface area contributed by atoms with Crippen LogP contribution in [0.3, 0.4) is 0 Å². The summed E-state index contributed by atoms with van der Waals surface area (Å²) in [6, 6.07) is 1.31. The van der Waals surface area contributed by atoms with E-state index in [0.717, 1.165) is 6.26 Å². The minimum Gasteiger partial charge on any atom is -0.478 e. The maximum absolute atomic E-state index is 10.2. The average Bonchev–Trinajstić information content (AvgIpc) is 2.34. The molecular weight excluding hydrogens is 136 g/mol. The van der Waals surface area contributed by atoms with Crippen molar-refractivity contribution < 1.29 is 19.1 Å². The monoisotopic (exact) mass is 142 g/mol. The first-order valence-electron chi connectivity index (χ1n) is 2.60. The van der Waals surface area contributed by atoms with Crippen molar-refractivity contribution in [2.45, 2.75) is 0 Å². The van der Waals surface area contributed by atoms with Gasteiger partial charge in [0.25, 0.3) is 5.95 Å². The molecule has 1 aromatic heterocycles. The Hall–Kier alpha value is -1.45. The summed E-state index contributed by atoms with van der Waals surface area (Å²) in [4.78, 5) is 10.2. The lowest BCUT2D eigenvalue weighted by atomic mass is 10.3. The Kier molecular flexibility index (Phi) is 1.62. The first-order chi connectivity index (χ1) is 4.74. The Labute approximate surface area is 57.0 Å². The number of carboxylic acid groups (broad SMARTS) is 1. The molecule has 0 saturated heterocycles. The van der Waals surface area contributed by atoms with Gasteiger partial charge in [-0.1, -0.05) is 0 Å². The number of carbonyl (C=O) groups is 1. The normalized spacial score (nSPS) is 9.30. The van der Waals surface area contributed by atoms with Gasteiger partial charge in [0.05, 0.1) is 7.11 Å². The molecule has 1 N–H and O–H groups in total. The molecule has 1 heterocycles. The number of furan rings is 1. The number of methoxy groups -OCH3 is 1. The molecule has 0 spiro atoms. The van der Waals surface area contributed by atoms with E-state index in [1.807, 2.05) is 0 Å². The number of carboxylic acids is 1. The first-order valence-corrected chi connectivity index (χ1v) is 2.60. The van der Waals surface area contributed by atoms with Gasteiger partial charge in [0, 0.05) is 6.07 Å². The van der Waals surface area contributed by atoms with Crippen LogP contribution in [0.5, 0.6) is 5.95 Å². The summed E-state index contributed by atoms with van der Waals surface area (Å²) >= 11 is 0. The van der Waals surface area contributed by atoms with Crippen molar-refractivity contribution in [1.29, 1.82) is 0 Å². The highest BCUT2D eigenvalue weighted by Gasteiger charge is 2.06. The average molecular weight is 142 g/mol. The van der Waals surface area contributed by atoms with Crippen LogP contribution >= 0.6 is 0 Å². The predicted molar refractivity (Wildman–Crippen MR) is 32.2 cm³/mol. The molecule has 0 saturated carbocycles. The van der Waals surface area contributed by atoms with E-state index in [0.29, 0.717) is 0 Å². The Bertz CT molecular complexity index is 238. The van der Waals surface area contributed by atoms with E-state index in [1.165, 1.54) is 13.2 Å². The largest absolute Gasteiger partial charge is 0.478 e. The molecule has 0 fully saturated rings. The highest BCUT2D eigenvalue weighted by Crippen LogP contribution is 2.14. The smallest absolute Gasteiger partial charge is 0.339 e. The zero-order chi connectivity index (χ0) is 7.56. The maximum atomic E-state index is 10.2. The standard InChI is InChI=1S/C6H6O4/c1-9-5-2-4(3-10-5)6(7)8/h2-3H,1H3,(H,7,8). The maximum Gasteiger partial charge on any atom is 0.339 e. The van der Waals surface area contributed by atoms with Crippen molar-refractivity contribution in [1.82, 2.24) is 0 Å². The van der Waals surface area contributed by atoms with Crippen molar-refractivity contribution in [3.05, 3.63) is 17.9 Å². The quantitative estimate of drug-likeness (QED) is 0.668. The Balaban J connectivity index is 2.88. The second-order valence-electron chi connectivity index (χ2n) is 1.66. The lowest BCUT2D eigenvalue weighted by Gasteiger charge is -1.86. The van der Waals surface area contributed by atoms with Crippen molar-refractivity contribution >= 4 is 5.97 Å². The van der Waals surface area contributed by atoms with Gasteiger partial charge in [-0.25, -0.2) is 4.79 Å². The van der Waals surface area contributed by atoms with E-state index in [4.69, 9.17) is 5.11 Å². The number of hydrogen-bond donors (Lipinski definition) is 1. The molecule has 0 aliphatic heterocycles. The van der Waals surface area contributed by atoms with Gasteiger partial charge in [0.1, 0.15) is 11.8 Å². The molecule has 0 atom stereocenters. The van der Waals surface area contributed by atoms with Crippen LogP contribution in [0.1, 0.15) is 10.4 Å². The van der Waals surface area contributed by atoms with E-state index < -0.39 is 5.97 Å². The van der Waals surface area contributed by atoms with Gasteiger partial charge in [-0.3, -0.25) is 0 Å². The molecule has 10 heavy (non-hydrogen) atoms. The fourth-order valence-electron chi connectivity index (χ4n) is 0.536. The van der Waals surface area contributed by atoms with E-state index in [-0.39, 0.29) is 11.5 Å². The molecule has 4 heteroatoms. The van der Waals surface area contributed by atoms with Crippen LogP contribution in [0.15, 0.2) is 16.7 Å². The molecule has 1 rings (SSSR count). The van der Waals surface area contributed by atoms with Crippen molar-refractivity contribution in [3.8, 4) is 5.95 Å². The molecule has 0 aliphatic carbocycles. The minimum atomic E-state index is -1.02. The number of ether oxygens (including phenoxy) is 1. The van der Waals surface area contributed by atoms with Crippen LogP contribution in [0, 0.1) is 0 Å². The molecule has 0 unspecified atom stereocenters. The highest BCUT2D eigenvalue weighted by molar-refractivity contribution is 5.87. The van der Waals surface area contributed by atoms with Crippen LogP contribution in [-0.4, -0.2) is 18.2 Å². The molecule has 0 aromatic carbocycles. The zero-order valence-electron chi connectivity index (χ0n) is 5.33. The van der Waals surface area contributed by atoms with Gasteiger partial charge in [-0.15, -0.1) is 0 Å². The first kappa shape index (κ1) is 6.67. The van der Waals surface area contributed by atoms with E-state index in [9.17, 15) is 4.79 Å². The fraction of sp³-hybridized carbons (Fsp3) is 0.167. The Morgan fingerprint density at radius 2 is 2.50 bits per heavy atom. The summed E-state index contributed by atoms with van der Waals surface area (Å²) < 4.78 is 9.29. The second kappa shape index (κ2) is 2.43. The molecule has 4 nitrogen and oxygen atoms in total. The highest BCUT2D eigenvalue weighted by atomic mass is 16.6. The topological polar surface area (TPSA) is 59.7 Å².